The minimum absolute atomic E-state index is 0.201. The van der Waals surface area contributed by atoms with Crippen molar-refractivity contribution in [2.75, 3.05) is 6.61 Å². The Morgan fingerprint density at radius 3 is 2.79 bits per heavy atom. The third-order valence-corrected chi connectivity index (χ3v) is 2.66. The molecule has 0 radical (unpaired) electrons. The SMILES string of the molecule is C=C(C)[C@@H]1CC=C(COC(C)=O)CC1. The number of allylic oxidation sites excluding steroid dienone is 2. The topological polar surface area (TPSA) is 26.3 Å². The second kappa shape index (κ2) is 4.99. The molecule has 0 aliphatic heterocycles. The maximum atomic E-state index is 10.6. The summed E-state index contributed by atoms with van der Waals surface area (Å²) in [6.45, 7) is 7.96. The van der Waals surface area contributed by atoms with Gasteiger partial charge in [0.15, 0.2) is 0 Å². The molecule has 0 aromatic heterocycles. The van der Waals surface area contributed by atoms with E-state index in [-0.39, 0.29) is 5.97 Å². The van der Waals surface area contributed by atoms with Crippen LogP contribution in [-0.2, 0) is 9.53 Å². The molecule has 1 atom stereocenters. The summed E-state index contributed by atoms with van der Waals surface area (Å²) in [4.78, 5) is 10.6. The normalized spacial score (nSPS) is 21.3. The minimum Gasteiger partial charge on any atom is -0.461 e. The first-order valence-corrected chi connectivity index (χ1v) is 5.06. The first-order chi connectivity index (χ1) is 6.59. The second-order valence-corrected chi connectivity index (χ2v) is 3.96. The van der Waals surface area contributed by atoms with Crippen molar-refractivity contribution in [3.8, 4) is 0 Å². The molecule has 1 aliphatic carbocycles. The van der Waals surface area contributed by atoms with Crippen molar-refractivity contribution in [2.45, 2.75) is 33.1 Å². The van der Waals surface area contributed by atoms with Crippen LogP contribution in [0.5, 0.6) is 0 Å². The first-order valence-electron chi connectivity index (χ1n) is 5.06. The van der Waals surface area contributed by atoms with Crippen molar-refractivity contribution >= 4 is 5.97 Å². The van der Waals surface area contributed by atoms with Crippen LogP contribution in [0.2, 0.25) is 0 Å². The third-order valence-electron chi connectivity index (χ3n) is 2.66. The molecule has 1 aliphatic rings. The monoisotopic (exact) mass is 194 g/mol. The van der Waals surface area contributed by atoms with Crippen LogP contribution in [0.25, 0.3) is 0 Å². The Morgan fingerprint density at radius 1 is 1.64 bits per heavy atom. The van der Waals surface area contributed by atoms with E-state index >= 15 is 0 Å². The predicted molar refractivity (Wildman–Crippen MR) is 56.9 cm³/mol. The zero-order valence-corrected chi connectivity index (χ0v) is 9.01. The molecule has 0 N–H and O–H groups in total. The fourth-order valence-corrected chi connectivity index (χ4v) is 1.66. The second-order valence-electron chi connectivity index (χ2n) is 3.96. The molecule has 0 bridgehead atoms. The molecule has 2 nitrogen and oxygen atoms in total. The Bertz CT molecular complexity index is 263. The molecule has 2 heteroatoms. The number of carbonyl (C=O) groups excluding carboxylic acids is 1. The number of carbonyl (C=O) groups is 1. The molecule has 0 unspecified atom stereocenters. The molecule has 0 aromatic carbocycles. The molecule has 0 heterocycles. The van der Waals surface area contributed by atoms with Crippen LogP contribution in [0.15, 0.2) is 23.8 Å². The molecule has 0 aromatic rings. The number of esters is 1. The van der Waals surface area contributed by atoms with Gasteiger partial charge < -0.3 is 4.74 Å². The fraction of sp³-hybridized carbons (Fsp3) is 0.583. The summed E-state index contributed by atoms with van der Waals surface area (Å²) in [7, 11) is 0. The smallest absolute Gasteiger partial charge is 0.302 e. The van der Waals surface area contributed by atoms with E-state index in [4.69, 9.17) is 4.74 Å². The summed E-state index contributed by atoms with van der Waals surface area (Å²) in [5, 5.41) is 0. The van der Waals surface area contributed by atoms with Gasteiger partial charge in [0.1, 0.15) is 6.61 Å². The van der Waals surface area contributed by atoms with Crippen molar-refractivity contribution in [1.82, 2.24) is 0 Å². The van der Waals surface area contributed by atoms with Crippen LogP contribution in [0.1, 0.15) is 33.1 Å². The van der Waals surface area contributed by atoms with Gasteiger partial charge in [-0.2, -0.15) is 0 Å². The number of hydrogen-bond donors (Lipinski definition) is 0. The molecule has 0 amide bonds. The van der Waals surface area contributed by atoms with E-state index in [0.29, 0.717) is 12.5 Å². The zero-order valence-electron chi connectivity index (χ0n) is 9.01. The van der Waals surface area contributed by atoms with Crippen LogP contribution < -0.4 is 0 Å². The van der Waals surface area contributed by atoms with Crippen molar-refractivity contribution in [3.63, 3.8) is 0 Å². The highest BCUT2D eigenvalue weighted by Gasteiger charge is 2.15. The van der Waals surface area contributed by atoms with E-state index in [1.54, 1.807) is 0 Å². The van der Waals surface area contributed by atoms with Crippen LogP contribution in [-0.4, -0.2) is 12.6 Å². The maximum absolute atomic E-state index is 10.6. The molecule has 78 valence electrons. The van der Waals surface area contributed by atoms with E-state index in [1.165, 1.54) is 18.1 Å². The highest BCUT2D eigenvalue weighted by molar-refractivity contribution is 5.66. The van der Waals surface area contributed by atoms with Crippen LogP contribution in [0.3, 0.4) is 0 Å². The minimum atomic E-state index is -0.201. The lowest BCUT2D eigenvalue weighted by Crippen LogP contribution is -2.11. The average Bonchev–Trinajstić information content (AvgIpc) is 2.15. The summed E-state index contributed by atoms with van der Waals surface area (Å²) >= 11 is 0. The lowest BCUT2D eigenvalue weighted by Gasteiger charge is -2.21. The van der Waals surface area contributed by atoms with Gasteiger partial charge in [-0.25, -0.2) is 0 Å². The van der Waals surface area contributed by atoms with E-state index in [1.807, 2.05) is 0 Å². The number of hydrogen-bond acceptors (Lipinski definition) is 2. The maximum Gasteiger partial charge on any atom is 0.302 e. The van der Waals surface area contributed by atoms with Gasteiger partial charge in [0.05, 0.1) is 0 Å². The van der Waals surface area contributed by atoms with Crippen molar-refractivity contribution in [2.24, 2.45) is 5.92 Å². The fourth-order valence-electron chi connectivity index (χ4n) is 1.66. The molecule has 0 saturated carbocycles. The summed E-state index contributed by atoms with van der Waals surface area (Å²) in [6, 6.07) is 0. The lowest BCUT2D eigenvalue weighted by atomic mass is 9.86. The van der Waals surface area contributed by atoms with Crippen molar-refractivity contribution in [1.29, 1.82) is 0 Å². The van der Waals surface area contributed by atoms with Crippen LogP contribution >= 0.6 is 0 Å². The number of ether oxygens (including phenoxy) is 1. The molecule has 1 rings (SSSR count). The molecular formula is C12H18O2. The molecule has 0 fully saturated rings. The predicted octanol–water partition coefficient (Wildman–Crippen LogP) is 2.85. The van der Waals surface area contributed by atoms with Crippen LogP contribution in [0, 0.1) is 5.92 Å². The Kier molecular flexibility index (Phi) is 3.93. The zero-order chi connectivity index (χ0) is 10.6. The van der Waals surface area contributed by atoms with Crippen LogP contribution in [0.4, 0.5) is 0 Å². The Hall–Kier alpha value is -1.05. The van der Waals surface area contributed by atoms with Gasteiger partial charge in [0, 0.05) is 6.92 Å². The largest absolute Gasteiger partial charge is 0.461 e. The van der Waals surface area contributed by atoms with Crippen molar-refractivity contribution < 1.29 is 9.53 Å². The Labute approximate surface area is 85.6 Å². The van der Waals surface area contributed by atoms with Gasteiger partial charge in [0.25, 0.3) is 0 Å². The Balaban J connectivity index is 2.37. The van der Waals surface area contributed by atoms with Gasteiger partial charge in [-0.15, -0.1) is 0 Å². The Morgan fingerprint density at radius 2 is 2.36 bits per heavy atom. The summed E-state index contributed by atoms with van der Waals surface area (Å²) < 4.78 is 4.95. The number of rotatable bonds is 3. The van der Waals surface area contributed by atoms with Gasteiger partial charge in [-0.05, 0) is 37.7 Å². The third kappa shape index (κ3) is 3.36. The summed E-state index contributed by atoms with van der Waals surface area (Å²) in [5.41, 5.74) is 2.51. The van der Waals surface area contributed by atoms with E-state index in [0.717, 1.165) is 19.3 Å². The molecule has 0 spiro atoms. The van der Waals surface area contributed by atoms with Gasteiger partial charge in [-0.1, -0.05) is 18.2 Å². The van der Waals surface area contributed by atoms with Crippen molar-refractivity contribution in [3.05, 3.63) is 23.8 Å². The lowest BCUT2D eigenvalue weighted by molar-refractivity contribution is -0.140. The molecule has 14 heavy (non-hydrogen) atoms. The van der Waals surface area contributed by atoms with Gasteiger partial charge in [0.2, 0.25) is 0 Å². The first kappa shape index (κ1) is 11.0. The van der Waals surface area contributed by atoms with E-state index < -0.39 is 0 Å². The van der Waals surface area contributed by atoms with Gasteiger partial charge in [-0.3, -0.25) is 4.79 Å². The average molecular weight is 194 g/mol. The van der Waals surface area contributed by atoms with Gasteiger partial charge >= 0.3 is 5.97 Å². The highest BCUT2D eigenvalue weighted by atomic mass is 16.5. The standard InChI is InChI=1S/C12H18O2/c1-9(2)12-6-4-11(5-7-12)8-14-10(3)13/h4,12H,1,5-8H2,2-3H3/t12-/m1/s1. The summed E-state index contributed by atoms with van der Waals surface area (Å²) in [6.07, 6.45) is 5.41. The molecular weight excluding hydrogens is 176 g/mol. The summed E-state index contributed by atoms with van der Waals surface area (Å²) in [5.74, 6) is 0.420. The van der Waals surface area contributed by atoms with E-state index in [9.17, 15) is 4.79 Å². The molecule has 0 saturated heterocycles. The van der Waals surface area contributed by atoms with E-state index in [2.05, 4.69) is 19.6 Å². The highest BCUT2D eigenvalue weighted by Crippen LogP contribution is 2.28. The quantitative estimate of drug-likeness (QED) is 0.510.